The maximum atomic E-state index is 10.4. The molecular formula is C6H12N2O2. The standard InChI is InChI=1S/C6H12N2O2/c1-4-5(7)2-3-8(4)6(9)10/h4-5H,2-3,7H2,1H3,(H,9,10). The summed E-state index contributed by atoms with van der Waals surface area (Å²) in [4.78, 5) is 11.8. The Morgan fingerprint density at radius 3 is 2.60 bits per heavy atom. The molecule has 58 valence electrons. The molecule has 0 spiro atoms. The summed E-state index contributed by atoms with van der Waals surface area (Å²) >= 11 is 0. The summed E-state index contributed by atoms with van der Waals surface area (Å²) in [5, 5.41) is 8.57. The van der Waals surface area contributed by atoms with Crippen LogP contribution in [0.5, 0.6) is 0 Å². The lowest BCUT2D eigenvalue weighted by atomic mass is 10.2. The normalized spacial score (nSPS) is 32.8. The van der Waals surface area contributed by atoms with Crippen molar-refractivity contribution in [1.29, 1.82) is 0 Å². The highest BCUT2D eigenvalue weighted by molar-refractivity contribution is 5.65. The van der Waals surface area contributed by atoms with E-state index < -0.39 is 6.09 Å². The molecule has 0 radical (unpaired) electrons. The molecule has 1 rings (SSSR count). The summed E-state index contributed by atoms with van der Waals surface area (Å²) in [7, 11) is 0. The van der Waals surface area contributed by atoms with Crippen LogP contribution in [-0.2, 0) is 0 Å². The van der Waals surface area contributed by atoms with E-state index in [9.17, 15) is 4.79 Å². The van der Waals surface area contributed by atoms with Crippen molar-refractivity contribution in [3.05, 3.63) is 0 Å². The number of carbonyl (C=O) groups is 1. The molecular weight excluding hydrogens is 132 g/mol. The highest BCUT2D eigenvalue weighted by Gasteiger charge is 2.30. The van der Waals surface area contributed by atoms with Gasteiger partial charge in [0.25, 0.3) is 0 Å². The van der Waals surface area contributed by atoms with Gasteiger partial charge in [-0.1, -0.05) is 0 Å². The predicted molar refractivity (Wildman–Crippen MR) is 36.8 cm³/mol. The van der Waals surface area contributed by atoms with Crippen molar-refractivity contribution in [1.82, 2.24) is 4.90 Å². The van der Waals surface area contributed by atoms with Crippen molar-refractivity contribution >= 4 is 6.09 Å². The molecule has 0 aromatic rings. The van der Waals surface area contributed by atoms with Crippen LogP contribution < -0.4 is 5.73 Å². The van der Waals surface area contributed by atoms with E-state index in [2.05, 4.69) is 0 Å². The number of rotatable bonds is 0. The van der Waals surface area contributed by atoms with E-state index in [4.69, 9.17) is 10.8 Å². The van der Waals surface area contributed by atoms with Crippen LogP contribution in [0.1, 0.15) is 13.3 Å². The lowest BCUT2D eigenvalue weighted by molar-refractivity contribution is 0.142. The van der Waals surface area contributed by atoms with Crippen LogP contribution >= 0.6 is 0 Å². The molecule has 1 aliphatic heterocycles. The molecule has 1 amide bonds. The predicted octanol–water partition coefficient (Wildman–Crippen LogP) is 0.0859. The first-order valence-electron chi connectivity index (χ1n) is 3.38. The molecule has 3 N–H and O–H groups in total. The zero-order valence-electron chi connectivity index (χ0n) is 5.95. The highest BCUT2D eigenvalue weighted by Crippen LogP contribution is 2.14. The molecule has 4 heteroatoms. The van der Waals surface area contributed by atoms with Crippen LogP contribution in [0.4, 0.5) is 4.79 Å². The first kappa shape index (κ1) is 7.34. The van der Waals surface area contributed by atoms with Gasteiger partial charge < -0.3 is 15.7 Å². The van der Waals surface area contributed by atoms with Crippen LogP contribution in [0, 0.1) is 0 Å². The van der Waals surface area contributed by atoms with E-state index in [0.29, 0.717) is 6.54 Å². The van der Waals surface area contributed by atoms with E-state index in [1.807, 2.05) is 6.92 Å². The number of carboxylic acid groups (broad SMARTS) is 1. The first-order valence-corrected chi connectivity index (χ1v) is 3.38. The largest absolute Gasteiger partial charge is 0.465 e. The Kier molecular flexibility index (Phi) is 1.80. The summed E-state index contributed by atoms with van der Waals surface area (Å²) in [5.74, 6) is 0. The molecule has 1 heterocycles. The Morgan fingerprint density at radius 2 is 2.40 bits per heavy atom. The minimum Gasteiger partial charge on any atom is -0.465 e. The van der Waals surface area contributed by atoms with Crippen LogP contribution in [0.25, 0.3) is 0 Å². The van der Waals surface area contributed by atoms with E-state index in [0.717, 1.165) is 6.42 Å². The van der Waals surface area contributed by atoms with Gasteiger partial charge in [-0.15, -0.1) is 0 Å². The number of nitrogens with zero attached hydrogens (tertiary/aromatic N) is 1. The Hall–Kier alpha value is -0.770. The van der Waals surface area contributed by atoms with Crippen molar-refractivity contribution in [2.24, 2.45) is 5.73 Å². The third kappa shape index (κ3) is 1.07. The van der Waals surface area contributed by atoms with E-state index in [1.165, 1.54) is 4.90 Å². The first-order chi connectivity index (χ1) is 4.63. The SMILES string of the molecule is CC1C(N)CCN1C(=O)O. The minimum atomic E-state index is -0.861. The molecule has 2 atom stereocenters. The molecule has 0 aromatic carbocycles. The second kappa shape index (κ2) is 2.46. The lowest BCUT2D eigenvalue weighted by Crippen LogP contribution is -2.39. The molecule has 1 fully saturated rings. The Balaban J connectivity index is 2.57. The number of nitrogens with two attached hydrogens (primary N) is 1. The van der Waals surface area contributed by atoms with Crippen molar-refractivity contribution in [2.45, 2.75) is 25.4 Å². The van der Waals surface area contributed by atoms with Gasteiger partial charge in [0, 0.05) is 18.6 Å². The molecule has 4 nitrogen and oxygen atoms in total. The van der Waals surface area contributed by atoms with Gasteiger partial charge in [0.2, 0.25) is 0 Å². The van der Waals surface area contributed by atoms with E-state index >= 15 is 0 Å². The number of amides is 1. The molecule has 1 saturated heterocycles. The van der Waals surface area contributed by atoms with Crippen molar-refractivity contribution < 1.29 is 9.90 Å². The van der Waals surface area contributed by atoms with Gasteiger partial charge in [-0.2, -0.15) is 0 Å². The monoisotopic (exact) mass is 144 g/mol. The Labute approximate surface area is 59.6 Å². The number of hydrogen-bond donors (Lipinski definition) is 2. The summed E-state index contributed by atoms with van der Waals surface area (Å²) in [6, 6.07) is 0.00796. The Bertz CT molecular complexity index is 149. The van der Waals surface area contributed by atoms with Gasteiger partial charge in [0.05, 0.1) is 0 Å². The van der Waals surface area contributed by atoms with Gasteiger partial charge in [-0.3, -0.25) is 0 Å². The van der Waals surface area contributed by atoms with Crippen LogP contribution in [0.3, 0.4) is 0 Å². The van der Waals surface area contributed by atoms with Crippen LogP contribution in [-0.4, -0.2) is 34.7 Å². The molecule has 0 saturated carbocycles. The van der Waals surface area contributed by atoms with Gasteiger partial charge in [0.15, 0.2) is 0 Å². The smallest absolute Gasteiger partial charge is 0.407 e. The molecule has 0 aromatic heterocycles. The zero-order valence-corrected chi connectivity index (χ0v) is 5.95. The minimum absolute atomic E-state index is 0.0162. The molecule has 0 aliphatic carbocycles. The number of hydrogen-bond acceptors (Lipinski definition) is 2. The van der Waals surface area contributed by atoms with Crippen molar-refractivity contribution in [2.75, 3.05) is 6.54 Å². The molecule has 1 aliphatic rings. The van der Waals surface area contributed by atoms with E-state index in [1.54, 1.807) is 0 Å². The maximum absolute atomic E-state index is 10.4. The summed E-state index contributed by atoms with van der Waals surface area (Å²) < 4.78 is 0. The zero-order chi connectivity index (χ0) is 7.72. The second-order valence-corrected chi connectivity index (χ2v) is 2.67. The number of likely N-dealkylation sites (tertiary alicyclic amines) is 1. The lowest BCUT2D eigenvalue weighted by Gasteiger charge is -2.18. The van der Waals surface area contributed by atoms with Crippen LogP contribution in [0.15, 0.2) is 0 Å². The van der Waals surface area contributed by atoms with Gasteiger partial charge in [-0.25, -0.2) is 4.79 Å². The third-order valence-electron chi connectivity index (χ3n) is 2.06. The fraction of sp³-hybridized carbons (Fsp3) is 0.833. The molecule has 0 bridgehead atoms. The highest BCUT2D eigenvalue weighted by atomic mass is 16.4. The average Bonchev–Trinajstić information content (AvgIpc) is 2.14. The fourth-order valence-corrected chi connectivity index (χ4v) is 1.23. The van der Waals surface area contributed by atoms with Crippen LogP contribution in [0.2, 0.25) is 0 Å². The Morgan fingerprint density at radius 1 is 1.80 bits per heavy atom. The third-order valence-corrected chi connectivity index (χ3v) is 2.06. The summed E-state index contributed by atoms with van der Waals surface area (Å²) in [6.07, 6.45) is -0.0755. The van der Waals surface area contributed by atoms with Gasteiger partial charge in [-0.05, 0) is 13.3 Å². The van der Waals surface area contributed by atoms with Crippen molar-refractivity contribution in [3.8, 4) is 0 Å². The van der Waals surface area contributed by atoms with Gasteiger partial charge >= 0.3 is 6.09 Å². The quantitative estimate of drug-likeness (QED) is 0.506. The maximum Gasteiger partial charge on any atom is 0.407 e. The molecule has 10 heavy (non-hydrogen) atoms. The summed E-state index contributed by atoms with van der Waals surface area (Å²) in [6.45, 7) is 2.42. The second-order valence-electron chi connectivity index (χ2n) is 2.67. The summed E-state index contributed by atoms with van der Waals surface area (Å²) in [5.41, 5.74) is 5.60. The van der Waals surface area contributed by atoms with Crippen molar-refractivity contribution in [3.63, 3.8) is 0 Å². The fourth-order valence-electron chi connectivity index (χ4n) is 1.23. The average molecular weight is 144 g/mol. The van der Waals surface area contributed by atoms with E-state index in [-0.39, 0.29) is 12.1 Å². The van der Waals surface area contributed by atoms with Gasteiger partial charge in [0.1, 0.15) is 0 Å². The topological polar surface area (TPSA) is 66.6 Å². The molecule has 2 unspecified atom stereocenters.